The van der Waals surface area contributed by atoms with Crippen LogP contribution in [-0.4, -0.2) is 45.9 Å². The Morgan fingerprint density at radius 2 is 1.92 bits per heavy atom. The number of nitrogens with zero attached hydrogens (tertiary/aromatic N) is 3. The van der Waals surface area contributed by atoms with E-state index in [0.29, 0.717) is 18.1 Å². The SMILES string of the molecule is CC(C)(O)C1CCC(N2c3ncccc3C=CC2N2CCC2)CC1. The van der Waals surface area contributed by atoms with Crippen molar-refractivity contribution in [2.45, 2.75) is 63.8 Å². The average Bonchev–Trinajstić information content (AvgIpc) is 2.52. The van der Waals surface area contributed by atoms with Crippen LogP contribution in [0.1, 0.15) is 51.5 Å². The lowest BCUT2D eigenvalue weighted by Gasteiger charge is -2.50. The molecule has 0 radical (unpaired) electrons. The van der Waals surface area contributed by atoms with Crippen molar-refractivity contribution < 1.29 is 5.11 Å². The highest BCUT2D eigenvalue weighted by molar-refractivity contribution is 5.69. The van der Waals surface area contributed by atoms with Crippen LogP contribution in [0.3, 0.4) is 0 Å². The van der Waals surface area contributed by atoms with Gasteiger partial charge in [-0.3, -0.25) is 4.90 Å². The second-order valence-corrected chi connectivity index (χ2v) is 8.14. The number of aromatic nitrogens is 1. The summed E-state index contributed by atoms with van der Waals surface area (Å²) in [5, 5.41) is 10.3. The Morgan fingerprint density at radius 1 is 1.17 bits per heavy atom. The number of hydrogen-bond donors (Lipinski definition) is 1. The fourth-order valence-electron chi connectivity index (χ4n) is 4.52. The van der Waals surface area contributed by atoms with Gasteiger partial charge in [0.1, 0.15) is 12.0 Å². The topological polar surface area (TPSA) is 39.6 Å². The van der Waals surface area contributed by atoms with Gasteiger partial charge in [0.25, 0.3) is 0 Å². The number of anilines is 1. The molecular weight excluding hydrogens is 298 g/mol. The van der Waals surface area contributed by atoms with E-state index < -0.39 is 5.60 Å². The van der Waals surface area contributed by atoms with Gasteiger partial charge in [0.05, 0.1) is 5.60 Å². The Balaban J connectivity index is 1.58. The van der Waals surface area contributed by atoms with Gasteiger partial charge in [-0.15, -0.1) is 0 Å². The van der Waals surface area contributed by atoms with Crippen molar-refractivity contribution in [3.63, 3.8) is 0 Å². The molecule has 0 amide bonds. The summed E-state index contributed by atoms with van der Waals surface area (Å²) in [5.41, 5.74) is 0.679. The zero-order chi connectivity index (χ0) is 16.7. The highest BCUT2D eigenvalue weighted by atomic mass is 16.3. The maximum atomic E-state index is 10.3. The van der Waals surface area contributed by atoms with Crippen molar-refractivity contribution >= 4 is 11.9 Å². The lowest BCUT2D eigenvalue weighted by molar-refractivity contribution is -0.00292. The Morgan fingerprint density at radius 3 is 2.54 bits per heavy atom. The molecule has 0 spiro atoms. The van der Waals surface area contributed by atoms with E-state index in [1.54, 1.807) is 0 Å². The van der Waals surface area contributed by atoms with Gasteiger partial charge in [0, 0.05) is 30.9 Å². The fourth-order valence-corrected chi connectivity index (χ4v) is 4.52. The van der Waals surface area contributed by atoms with E-state index in [4.69, 9.17) is 4.98 Å². The predicted octanol–water partition coefficient (Wildman–Crippen LogP) is 3.28. The van der Waals surface area contributed by atoms with Crippen LogP contribution < -0.4 is 4.90 Å². The highest BCUT2D eigenvalue weighted by Gasteiger charge is 2.39. The van der Waals surface area contributed by atoms with Crippen molar-refractivity contribution in [3.05, 3.63) is 30.0 Å². The van der Waals surface area contributed by atoms with Gasteiger partial charge < -0.3 is 10.0 Å². The van der Waals surface area contributed by atoms with Crippen LogP contribution in [0.15, 0.2) is 24.4 Å². The third-order valence-corrected chi connectivity index (χ3v) is 6.15. The van der Waals surface area contributed by atoms with E-state index in [1.165, 1.54) is 25.1 Å². The standard InChI is InChI=1S/C20H29N3O/c1-20(2,24)16-7-9-17(10-8-16)23-18(22-13-4-14-22)11-6-15-5-3-12-21-19(15)23/h3,5-6,11-12,16-18,24H,4,7-10,13-14H2,1-2H3. The van der Waals surface area contributed by atoms with Crippen LogP contribution >= 0.6 is 0 Å². The molecule has 2 aliphatic heterocycles. The van der Waals surface area contributed by atoms with Crippen molar-refractivity contribution in [2.24, 2.45) is 5.92 Å². The molecule has 1 atom stereocenters. The normalized spacial score (nSPS) is 30.8. The molecule has 4 heteroatoms. The van der Waals surface area contributed by atoms with E-state index in [1.807, 2.05) is 26.1 Å². The molecule has 1 aliphatic carbocycles. The summed E-state index contributed by atoms with van der Waals surface area (Å²) in [6, 6.07) is 4.71. The monoisotopic (exact) mass is 327 g/mol. The van der Waals surface area contributed by atoms with Crippen LogP contribution in [0.4, 0.5) is 5.82 Å². The average molecular weight is 327 g/mol. The lowest BCUT2D eigenvalue weighted by Crippen LogP contribution is -2.58. The van der Waals surface area contributed by atoms with E-state index in [-0.39, 0.29) is 0 Å². The minimum atomic E-state index is -0.556. The molecule has 24 heavy (non-hydrogen) atoms. The lowest BCUT2D eigenvalue weighted by atomic mass is 9.76. The van der Waals surface area contributed by atoms with Gasteiger partial charge in [-0.05, 0) is 70.1 Å². The van der Waals surface area contributed by atoms with E-state index >= 15 is 0 Å². The molecule has 1 aromatic rings. The van der Waals surface area contributed by atoms with E-state index in [0.717, 1.165) is 31.5 Å². The highest BCUT2D eigenvalue weighted by Crippen LogP contribution is 2.39. The third kappa shape index (κ3) is 2.86. The summed E-state index contributed by atoms with van der Waals surface area (Å²) >= 11 is 0. The molecule has 3 aliphatic rings. The van der Waals surface area contributed by atoms with Crippen LogP contribution in [0.25, 0.3) is 6.08 Å². The quantitative estimate of drug-likeness (QED) is 0.925. The molecule has 1 saturated carbocycles. The first-order chi connectivity index (χ1) is 11.5. The maximum Gasteiger partial charge on any atom is 0.137 e. The smallest absolute Gasteiger partial charge is 0.137 e. The summed E-state index contributed by atoms with van der Waals surface area (Å²) in [5.74, 6) is 1.56. The zero-order valence-corrected chi connectivity index (χ0v) is 14.9. The Labute approximate surface area is 145 Å². The van der Waals surface area contributed by atoms with Crippen molar-refractivity contribution in [2.75, 3.05) is 18.0 Å². The molecular formula is C20H29N3O. The van der Waals surface area contributed by atoms with Crippen LogP contribution in [0, 0.1) is 5.92 Å². The molecule has 1 unspecified atom stereocenters. The Kier molecular flexibility index (Phi) is 4.13. The van der Waals surface area contributed by atoms with Crippen LogP contribution in [-0.2, 0) is 0 Å². The largest absolute Gasteiger partial charge is 0.390 e. The number of likely N-dealkylation sites (tertiary alicyclic amines) is 1. The predicted molar refractivity (Wildman–Crippen MR) is 97.8 cm³/mol. The molecule has 1 N–H and O–H groups in total. The second kappa shape index (κ2) is 6.16. The number of hydrogen-bond acceptors (Lipinski definition) is 4. The first-order valence-corrected chi connectivity index (χ1v) is 9.42. The molecule has 3 heterocycles. The molecule has 2 fully saturated rings. The summed E-state index contributed by atoms with van der Waals surface area (Å²) < 4.78 is 0. The minimum Gasteiger partial charge on any atom is -0.390 e. The van der Waals surface area contributed by atoms with Gasteiger partial charge in [-0.1, -0.05) is 6.08 Å². The summed E-state index contributed by atoms with van der Waals surface area (Å²) in [4.78, 5) is 9.85. The van der Waals surface area contributed by atoms with Gasteiger partial charge in [0.15, 0.2) is 0 Å². The first-order valence-electron chi connectivity index (χ1n) is 9.42. The summed E-state index contributed by atoms with van der Waals surface area (Å²) in [7, 11) is 0. The Hall–Kier alpha value is -1.39. The van der Waals surface area contributed by atoms with Gasteiger partial charge in [-0.25, -0.2) is 4.98 Å². The van der Waals surface area contributed by atoms with E-state index in [9.17, 15) is 5.11 Å². The van der Waals surface area contributed by atoms with Crippen LogP contribution in [0.2, 0.25) is 0 Å². The number of aliphatic hydroxyl groups is 1. The number of pyridine rings is 1. The van der Waals surface area contributed by atoms with Gasteiger partial charge in [0.2, 0.25) is 0 Å². The first kappa shape index (κ1) is 16.1. The zero-order valence-electron chi connectivity index (χ0n) is 14.9. The maximum absolute atomic E-state index is 10.3. The van der Waals surface area contributed by atoms with Crippen LogP contribution in [0.5, 0.6) is 0 Å². The number of fused-ring (bicyclic) bond motifs is 1. The minimum absolute atomic E-state index is 0.352. The Bertz CT molecular complexity index is 610. The molecule has 0 bridgehead atoms. The summed E-state index contributed by atoms with van der Waals surface area (Å²) in [6.45, 7) is 6.29. The molecule has 0 aromatic carbocycles. The van der Waals surface area contributed by atoms with Gasteiger partial charge >= 0.3 is 0 Å². The van der Waals surface area contributed by atoms with Gasteiger partial charge in [-0.2, -0.15) is 0 Å². The number of rotatable bonds is 3. The van der Waals surface area contributed by atoms with Crippen molar-refractivity contribution in [3.8, 4) is 0 Å². The molecule has 1 aromatic heterocycles. The van der Waals surface area contributed by atoms with Crippen molar-refractivity contribution in [1.29, 1.82) is 0 Å². The molecule has 4 nitrogen and oxygen atoms in total. The molecule has 130 valence electrons. The van der Waals surface area contributed by atoms with Crippen molar-refractivity contribution in [1.82, 2.24) is 9.88 Å². The second-order valence-electron chi connectivity index (χ2n) is 8.14. The molecule has 1 saturated heterocycles. The summed E-state index contributed by atoms with van der Waals surface area (Å²) in [6.07, 6.45) is 12.7. The van der Waals surface area contributed by atoms with E-state index in [2.05, 4.69) is 28.0 Å². The fraction of sp³-hybridized carbons (Fsp3) is 0.650. The third-order valence-electron chi connectivity index (χ3n) is 6.15. The molecule has 4 rings (SSSR count).